The first-order chi connectivity index (χ1) is 13.1. The van der Waals surface area contributed by atoms with E-state index in [1.54, 1.807) is 5.38 Å². The normalized spacial score (nSPS) is 25.0. The Morgan fingerprint density at radius 2 is 2.07 bits per heavy atom. The number of hydrogen-bond donors (Lipinski definition) is 4. The van der Waals surface area contributed by atoms with Crippen molar-refractivity contribution in [2.45, 2.75) is 17.9 Å². The molecule has 3 rings (SSSR count). The number of Topliss-reactive ketones (excluding diaryl/α,β-unsaturated/α-hetero) is 1. The van der Waals surface area contributed by atoms with Gasteiger partial charge in [0.25, 0.3) is 0 Å². The van der Waals surface area contributed by atoms with Crippen LogP contribution in [0.4, 0.5) is 13.2 Å². The molecule has 11 heteroatoms. The molecule has 2 aromatic rings. The quantitative estimate of drug-likeness (QED) is 0.436. The lowest BCUT2D eigenvalue weighted by Crippen LogP contribution is -2.72. The van der Waals surface area contributed by atoms with Crippen LogP contribution < -0.4 is 15.4 Å². The van der Waals surface area contributed by atoms with Crippen molar-refractivity contribution < 1.29 is 32.9 Å². The number of aromatic hydroxyl groups is 1. The Kier molecular flexibility index (Phi) is 5.26. The second kappa shape index (κ2) is 7.22. The van der Waals surface area contributed by atoms with Gasteiger partial charge >= 0.3 is 6.18 Å². The number of benzene rings is 1. The lowest BCUT2D eigenvalue weighted by molar-refractivity contribution is -0.285. The predicted octanol–water partition coefficient (Wildman–Crippen LogP) is 2.73. The molecular formula is C17H15F3N2O4S2. The number of carbonyl (C=O) groups is 1. The number of halogens is 3. The van der Waals surface area contributed by atoms with E-state index in [9.17, 15) is 28.2 Å². The first-order valence-corrected chi connectivity index (χ1v) is 9.19. The molecule has 28 heavy (non-hydrogen) atoms. The molecule has 0 bridgehead atoms. The minimum Gasteiger partial charge on any atom is -0.504 e. The first kappa shape index (κ1) is 20.4. The van der Waals surface area contributed by atoms with Crippen LogP contribution in [0.1, 0.15) is 21.3 Å². The highest BCUT2D eigenvalue weighted by atomic mass is 32.1. The number of methoxy groups -OCH3 is 1. The number of phenols is 1. The number of nitrogens with one attached hydrogen (secondary N) is 2. The fourth-order valence-electron chi connectivity index (χ4n) is 3.08. The van der Waals surface area contributed by atoms with Crippen LogP contribution in [-0.2, 0) is 0 Å². The number of aliphatic hydroxyl groups is 1. The summed E-state index contributed by atoms with van der Waals surface area (Å²) in [6.07, 6.45) is -5.20. The molecule has 1 aliphatic heterocycles. The Morgan fingerprint density at radius 3 is 2.64 bits per heavy atom. The fraction of sp³-hybridized carbons (Fsp3) is 0.294. The molecular weight excluding hydrogens is 417 g/mol. The Bertz CT molecular complexity index is 904. The van der Waals surface area contributed by atoms with Gasteiger partial charge in [0.1, 0.15) is 5.92 Å². The Hall–Kier alpha value is -2.37. The van der Waals surface area contributed by atoms with Gasteiger partial charge in [-0.2, -0.15) is 13.2 Å². The third-order valence-corrected chi connectivity index (χ3v) is 5.52. The zero-order chi connectivity index (χ0) is 20.7. The van der Waals surface area contributed by atoms with Crippen molar-refractivity contribution in [1.29, 1.82) is 0 Å². The van der Waals surface area contributed by atoms with Crippen molar-refractivity contribution in [2.24, 2.45) is 5.92 Å². The number of phenolic OH excluding ortho intramolecular Hbond substituents is 1. The van der Waals surface area contributed by atoms with E-state index in [0.717, 1.165) is 11.3 Å². The lowest BCUT2D eigenvalue weighted by Gasteiger charge is -2.46. The van der Waals surface area contributed by atoms with Crippen LogP contribution in [0.25, 0.3) is 0 Å². The predicted molar refractivity (Wildman–Crippen MR) is 99.4 cm³/mol. The summed E-state index contributed by atoms with van der Waals surface area (Å²) >= 11 is 5.82. The van der Waals surface area contributed by atoms with Gasteiger partial charge in [0.05, 0.1) is 18.0 Å². The molecule has 0 unspecified atom stereocenters. The summed E-state index contributed by atoms with van der Waals surface area (Å²) in [4.78, 5) is 13.0. The Balaban J connectivity index is 2.17. The zero-order valence-electron chi connectivity index (χ0n) is 14.3. The van der Waals surface area contributed by atoms with E-state index in [1.165, 1.54) is 37.4 Å². The van der Waals surface area contributed by atoms with E-state index in [4.69, 9.17) is 17.0 Å². The van der Waals surface area contributed by atoms with E-state index < -0.39 is 34.8 Å². The standard InChI is InChI=1S/C17H15F3N2O4S2/c1-26-10-7-8(4-5-9(10)23)13-12(14(24)11-3-2-6-28-11)16(25,17(18,19)20)22-15(27)21-13/h2-7,12-13,23,25H,1H3,(H2,21,22,27)/t12-,13+,16-/m1/s1. The maximum Gasteiger partial charge on any atom is 0.437 e. The SMILES string of the molecule is COc1cc([C@@H]2NC(=S)N[C@](O)(C(F)(F)F)[C@H]2C(=O)c2cccs2)ccc1O. The minimum absolute atomic E-state index is 0.00150. The van der Waals surface area contributed by atoms with E-state index in [2.05, 4.69) is 5.32 Å². The van der Waals surface area contributed by atoms with Crippen LogP contribution in [-0.4, -0.2) is 40.1 Å². The summed E-state index contributed by atoms with van der Waals surface area (Å²) in [6, 6.07) is 5.41. The van der Waals surface area contributed by atoms with Crippen LogP contribution in [0.5, 0.6) is 11.5 Å². The molecule has 0 spiro atoms. The van der Waals surface area contributed by atoms with Crippen molar-refractivity contribution in [3.8, 4) is 11.5 Å². The van der Waals surface area contributed by atoms with Crippen molar-refractivity contribution in [2.75, 3.05) is 7.11 Å². The molecule has 3 atom stereocenters. The van der Waals surface area contributed by atoms with Crippen LogP contribution >= 0.6 is 23.6 Å². The monoisotopic (exact) mass is 432 g/mol. The van der Waals surface area contributed by atoms with E-state index in [0.29, 0.717) is 0 Å². The average Bonchev–Trinajstić information content (AvgIpc) is 3.15. The van der Waals surface area contributed by atoms with Crippen molar-refractivity contribution in [1.82, 2.24) is 10.6 Å². The van der Waals surface area contributed by atoms with Crippen LogP contribution in [0.2, 0.25) is 0 Å². The Morgan fingerprint density at radius 1 is 1.36 bits per heavy atom. The van der Waals surface area contributed by atoms with Gasteiger partial charge in [-0.1, -0.05) is 12.1 Å². The zero-order valence-corrected chi connectivity index (χ0v) is 15.9. The summed E-state index contributed by atoms with van der Waals surface area (Å²) in [5.74, 6) is -3.13. The molecule has 150 valence electrons. The fourth-order valence-corrected chi connectivity index (χ4v) is 4.06. The molecule has 1 aliphatic rings. The molecule has 0 amide bonds. The maximum absolute atomic E-state index is 13.8. The van der Waals surface area contributed by atoms with Gasteiger partial charge in [-0.25, -0.2) is 0 Å². The van der Waals surface area contributed by atoms with Crippen LogP contribution in [0.15, 0.2) is 35.7 Å². The first-order valence-electron chi connectivity index (χ1n) is 7.91. The second-order valence-corrected chi connectivity index (χ2v) is 7.45. The maximum atomic E-state index is 13.8. The molecule has 2 heterocycles. The number of hydrogen-bond acceptors (Lipinski definition) is 6. The van der Waals surface area contributed by atoms with Crippen LogP contribution in [0.3, 0.4) is 0 Å². The van der Waals surface area contributed by atoms with Crippen LogP contribution in [0, 0.1) is 5.92 Å². The molecule has 1 aromatic carbocycles. The molecule has 1 aromatic heterocycles. The summed E-state index contributed by atoms with van der Waals surface area (Å²) in [6.45, 7) is 0. The summed E-state index contributed by atoms with van der Waals surface area (Å²) in [5, 5.41) is 25.9. The third kappa shape index (κ3) is 3.40. The number of carbonyl (C=O) groups excluding carboxylic acids is 1. The molecule has 4 N–H and O–H groups in total. The van der Waals surface area contributed by atoms with Gasteiger partial charge in [0, 0.05) is 0 Å². The van der Waals surface area contributed by atoms with Crippen molar-refractivity contribution in [3.05, 3.63) is 46.2 Å². The highest BCUT2D eigenvalue weighted by molar-refractivity contribution is 7.80. The molecule has 0 saturated carbocycles. The molecule has 6 nitrogen and oxygen atoms in total. The smallest absolute Gasteiger partial charge is 0.437 e. The number of ether oxygens (including phenoxy) is 1. The topological polar surface area (TPSA) is 90.8 Å². The van der Waals surface area contributed by atoms with Gasteiger partial charge in [-0.3, -0.25) is 4.79 Å². The van der Waals surface area contributed by atoms with Crippen molar-refractivity contribution >= 4 is 34.5 Å². The number of alkyl halides is 3. The molecule has 1 saturated heterocycles. The van der Waals surface area contributed by atoms with Gasteiger partial charge in [-0.05, 0) is 41.4 Å². The highest BCUT2D eigenvalue weighted by Gasteiger charge is 2.65. The van der Waals surface area contributed by atoms with Gasteiger partial charge in [0.15, 0.2) is 22.4 Å². The van der Waals surface area contributed by atoms with Gasteiger partial charge in [-0.15, -0.1) is 11.3 Å². The summed E-state index contributed by atoms with van der Waals surface area (Å²) in [7, 11) is 1.28. The molecule has 1 fully saturated rings. The third-order valence-electron chi connectivity index (χ3n) is 4.42. The highest BCUT2D eigenvalue weighted by Crippen LogP contribution is 2.45. The number of thiocarbonyl (C=S) groups is 1. The number of ketones is 1. The molecule has 0 aliphatic carbocycles. The largest absolute Gasteiger partial charge is 0.504 e. The van der Waals surface area contributed by atoms with E-state index in [1.807, 2.05) is 5.32 Å². The summed E-state index contributed by atoms with van der Waals surface area (Å²) in [5.41, 5.74) is -3.41. The summed E-state index contributed by atoms with van der Waals surface area (Å²) < 4.78 is 46.5. The van der Waals surface area contributed by atoms with Crippen molar-refractivity contribution in [3.63, 3.8) is 0 Å². The number of rotatable bonds is 4. The average molecular weight is 432 g/mol. The minimum atomic E-state index is -5.20. The number of thiophene rings is 1. The van der Waals surface area contributed by atoms with Gasteiger partial charge in [0.2, 0.25) is 5.72 Å². The van der Waals surface area contributed by atoms with E-state index in [-0.39, 0.29) is 21.9 Å². The van der Waals surface area contributed by atoms with Gasteiger partial charge < -0.3 is 25.6 Å². The molecule has 0 radical (unpaired) electrons. The lowest BCUT2D eigenvalue weighted by atomic mass is 9.78. The van der Waals surface area contributed by atoms with E-state index >= 15 is 0 Å². The Labute approximate surface area is 166 Å². The second-order valence-electron chi connectivity index (χ2n) is 6.09.